The predicted octanol–water partition coefficient (Wildman–Crippen LogP) is 4.26. The van der Waals surface area contributed by atoms with E-state index in [0.717, 1.165) is 16.9 Å². The molecule has 5 nitrogen and oxygen atoms in total. The highest BCUT2D eigenvalue weighted by Gasteiger charge is 2.45. The Kier molecular flexibility index (Phi) is 6.71. The average molecular weight is 434 g/mol. The van der Waals surface area contributed by atoms with E-state index in [4.69, 9.17) is 0 Å². The molecular formula is C22H27NO4S2. The first kappa shape index (κ1) is 21.9. The van der Waals surface area contributed by atoms with Gasteiger partial charge < -0.3 is 5.11 Å². The number of nitrogens with zero attached hydrogens (tertiary/aromatic N) is 1. The van der Waals surface area contributed by atoms with E-state index >= 15 is 0 Å². The first-order chi connectivity index (χ1) is 13.8. The van der Waals surface area contributed by atoms with Gasteiger partial charge in [0.1, 0.15) is 0 Å². The monoisotopic (exact) mass is 433 g/mol. The maximum Gasteiger partial charge on any atom is 0.308 e. The zero-order valence-electron chi connectivity index (χ0n) is 16.9. The molecule has 1 heterocycles. The zero-order chi connectivity index (χ0) is 21.2. The highest BCUT2D eigenvalue weighted by Crippen LogP contribution is 2.42. The van der Waals surface area contributed by atoms with Gasteiger partial charge in [0.05, 0.1) is 16.9 Å². The normalized spacial score (nSPS) is 23.1. The minimum atomic E-state index is -3.84. The summed E-state index contributed by atoms with van der Waals surface area (Å²) in [4.78, 5) is 12.2. The SMILES string of the molecule is CCS[C@@H]1C[C@@H](c2ccc(C)cc2)N(S(=O)(=O)c2ccccc2C)C[C@H]1C(=O)O. The molecule has 2 aromatic carbocycles. The van der Waals surface area contributed by atoms with E-state index in [-0.39, 0.29) is 22.7 Å². The van der Waals surface area contributed by atoms with Gasteiger partial charge in [-0.1, -0.05) is 55.0 Å². The average Bonchev–Trinajstić information content (AvgIpc) is 2.68. The smallest absolute Gasteiger partial charge is 0.308 e. The Morgan fingerprint density at radius 1 is 1.14 bits per heavy atom. The molecule has 2 aromatic rings. The largest absolute Gasteiger partial charge is 0.481 e. The molecule has 1 N–H and O–H groups in total. The van der Waals surface area contributed by atoms with E-state index < -0.39 is 21.9 Å². The van der Waals surface area contributed by atoms with Crippen LogP contribution in [-0.4, -0.2) is 41.3 Å². The van der Waals surface area contributed by atoms with Crippen LogP contribution in [-0.2, 0) is 14.8 Å². The summed E-state index contributed by atoms with van der Waals surface area (Å²) < 4.78 is 28.6. The predicted molar refractivity (Wildman–Crippen MR) is 117 cm³/mol. The van der Waals surface area contributed by atoms with Crippen LogP contribution in [0.4, 0.5) is 0 Å². The summed E-state index contributed by atoms with van der Waals surface area (Å²) in [6.07, 6.45) is 0.476. The highest BCUT2D eigenvalue weighted by molar-refractivity contribution is 7.99. The molecule has 1 fully saturated rings. The van der Waals surface area contributed by atoms with Crippen molar-refractivity contribution in [3.05, 3.63) is 65.2 Å². The topological polar surface area (TPSA) is 74.7 Å². The summed E-state index contributed by atoms with van der Waals surface area (Å²) in [5, 5.41) is 9.67. The van der Waals surface area contributed by atoms with Gasteiger partial charge in [-0.25, -0.2) is 8.42 Å². The Labute approximate surface area is 177 Å². The van der Waals surface area contributed by atoms with Crippen molar-refractivity contribution in [2.75, 3.05) is 12.3 Å². The molecule has 0 bridgehead atoms. The molecule has 0 aliphatic carbocycles. The third-order valence-corrected chi connectivity index (χ3v) is 8.79. The lowest BCUT2D eigenvalue weighted by molar-refractivity contribution is -0.143. The van der Waals surface area contributed by atoms with Crippen molar-refractivity contribution in [3.8, 4) is 0 Å². The summed E-state index contributed by atoms with van der Waals surface area (Å²) in [7, 11) is -3.84. The van der Waals surface area contributed by atoms with Crippen LogP contribution in [0, 0.1) is 19.8 Å². The molecule has 0 amide bonds. The van der Waals surface area contributed by atoms with Gasteiger partial charge in [0.2, 0.25) is 10.0 Å². The van der Waals surface area contributed by atoms with Crippen molar-refractivity contribution in [1.82, 2.24) is 4.31 Å². The molecule has 1 aliphatic heterocycles. The molecule has 29 heavy (non-hydrogen) atoms. The van der Waals surface area contributed by atoms with Gasteiger partial charge in [0.25, 0.3) is 0 Å². The van der Waals surface area contributed by atoms with Crippen LogP contribution in [0.15, 0.2) is 53.4 Å². The lowest BCUT2D eigenvalue weighted by Crippen LogP contribution is -2.49. The number of piperidine rings is 1. The summed E-state index contributed by atoms with van der Waals surface area (Å²) in [5.41, 5.74) is 2.66. The minimum Gasteiger partial charge on any atom is -0.481 e. The summed E-state index contributed by atoms with van der Waals surface area (Å²) in [5.74, 6) is -0.886. The second-order valence-corrected chi connectivity index (χ2v) is 10.8. The van der Waals surface area contributed by atoms with E-state index in [2.05, 4.69) is 0 Å². The first-order valence-corrected chi connectivity index (χ1v) is 12.2. The lowest BCUT2D eigenvalue weighted by Gasteiger charge is -2.42. The molecule has 3 rings (SSSR count). The summed E-state index contributed by atoms with van der Waals surface area (Å²) in [6, 6.07) is 14.3. The van der Waals surface area contributed by atoms with E-state index in [0.29, 0.717) is 12.0 Å². The molecule has 0 saturated carbocycles. The van der Waals surface area contributed by atoms with Crippen LogP contribution in [0.1, 0.15) is 36.1 Å². The fourth-order valence-corrected chi connectivity index (χ4v) is 6.96. The molecule has 0 unspecified atom stereocenters. The first-order valence-electron chi connectivity index (χ1n) is 9.74. The number of sulfonamides is 1. The number of hydrogen-bond acceptors (Lipinski definition) is 4. The van der Waals surface area contributed by atoms with Crippen molar-refractivity contribution in [1.29, 1.82) is 0 Å². The minimum absolute atomic E-state index is 0.0256. The number of carboxylic acids is 1. The summed E-state index contributed by atoms with van der Waals surface area (Å²) >= 11 is 1.60. The van der Waals surface area contributed by atoms with E-state index in [1.807, 2.05) is 38.1 Å². The molecule has 0 aromatic heterocycles. The maximum absolute atomic E-state index is 13.6. The molecule has 1 aliphatic rings. The van der Waals surface area contributed by atoms with E-state index in [1.165, 1.54) is 4.31 Å². The fourth-order valence-electron chi connectivity index (χ4n) is 3.90. The van der Waals surface area contributed by atoms with Crippen LogP contribution in [0.2, 0.25) is 0 Å². The van der Waals surface area contributed by atoms with Gasteiger partial charge in [0.15, 0.2) is 0 Å². The van der Waals surface area contributed by atoms with E-state index in [9.17, 15) is 18.3 Å². The van der Waals surface area contributed by atoms with Crippen molar-refractivity contribution in [3.63, 3.8) is 0 Å². The van der Waals surface area contributed by atoms with Crippen molar-refractivity contribution < 1.29 is 18.3 Å². The number of aryl methyl sites for hydroxylation is 2. The number of benzene rings is 2. The molecule has 3 atom stereocenters. The Morgan fingerprint density at radius 3 is 2.38 bits per heavy atom. The van der Waals surface area contributed by atoms with Gasteiger partial charge in [-0.15, -0.1) is 0 Å². The number of carboxylic acid groups (broad SMARTS) is 1. The van der Waals surface area contributed by atoms with Crippen LogP contribution < -0.4 is 0 Å². The highest BCUT2D eigenvalue weighted by atomic mass is 32.2. The Morgan fingerprint density at radius 2 is 1.79 bits per heavy atom. The molecule has 0 spiro atoms. The van der Waals surface area contributed by atoms with Crippen LogP contribution in [0.25, 0.3) is 0 Å². The molecule has 7 heteroatoms. The maximum atomic E-state index is 13.6. The number of thioether (sulfide) groups is 1. The zero-order valence-corrected chi connectivity index (χ0v) is 18.5. The third-order valence-electron chi connectivity index (χ3n) is 5.47. The van der Waals surface area contributed by atoms with Crippen molar-refractivity contribution >= 4 is 27.8 Å². The molecular weight excluding hydrogens is 406 g/mol. The fraction of sp³-hybridized carbons (Fsp3) is 0.409. The number of aliphatic carboxylic acids is 1. The standard InChI is InChI=1S/C22H27NO4S2/c1-4-28-20-13-19(17-11-9-15(2)10-12-17)23(14-18(20)22(24)25)29(26,27)21-8-6-5-7-16(21)3/h5-12,18-20H,4,13-14H2,1-3H3,(H,24,25)/t18-,19+,20-/m1/s1. The number of rotatable bonds is 6. The van der Waals surface area contributed by atoms with Gasteiger partial charge in [-0.05, 0) is 43.2 Å². The Balaban J connectivity index is 2.10. The third kappa shape index (κ3) is 4.52. The van der Waals surface area contributed by atoms with Crippen LogP contribution >= 0.6 is 11.8 Å². The van der Waals surface area contributed by atoms with Crippen molar-refractivity contribution in [2.24, 2.45) is 5.92 Å². The quantitative estimate of drug-likeness (QED) is 0.737. The molecule has 0 radical (unpaired) electrons. The van der Waals surface area contributed by atoms with Gasteiger partial charge >= 0.3 is 5.97 Å². The Hall–Kier alpha value is -1.83. The second kappa shape index (κ2) is 8.90. The summed E-state index contributed by atoms with van der Waals surface area (Å²) in [6.45, 7) is 5.73. The van der Waals surface area contributed by atoms with Crippen LogP contribution in [0.3, 0.4) is 0 Å². The lowest BCUT2D eigenvalue weighted by atomic mass is 9.90. The van der Waals surface area contributed by atoms with Gasteiger partial charge in [-0.2, -0.15) is 16.1 Å². The number of carbonyl (C=O) groups is 1. The van der Waals surface area contributed by atoms with Gasteiger partial charge in [-0.3, -0.25) is 4.79 Å². The van der Waals surface area contributed by atoms with Gasteiger partial charge in [0, 0.05) is 11.8 Å². The Bertz CT molecular complexity index is 973. The molecule has 156 valence electrons. The number of hydrogen-bond donors (Lipinski definition) is 1. The van der Waals surface area contributed by atoms with Crippen LogP contribution in [0.5, 0.6) is 0 Å². The van der Waals surface area contributed by atoms with E-state index in [1.54, 1.807) is 43.0 Å². The van der Waals surface area contributed by atoms with Crippen molar-refractivity contribution in [2.45, 2.75) is 43.4 Å². The molecule has 1 saturated heterocycles. The second-order valence-electron chi connectivity index (χ2n) is 7.44.